The summed E-state index contributed by atoms with van der Waals surface area (Å²) in [5.74, 6) is 0.256. The highest BCUT2D eigenvalue weighted by Gasteiger charge is 2.26. The van der Waals surface area contributed by atoms with Crippen LogP contribution in [0.1, 0.15) is 31.7 Å². The number of hydrogen-bond donors (Lipinski definition) is 1. The summed E-state index contributed by atoms with van der Waals surface area (Å²) in [4.78, 5) is 0. The first-order chi connectivity index (χ1) is 10.0. The summed E-state index contributed by atoms with van der Waals surface area (Å²) in [6.07, 6.45) is 7.79. The molecular formula is C14H24N4O2S. The lowest BCUT2D eigenvalue weighted by Crippen LogP contribution is -2.45. The van der Waals surface area contributed by atoms with Crippen LogP contribution < -0.4 is 5.32 Å². The van der Waals surface area contributed by atoms with Gasteiger partial charge < -0.3 is 5.32 Å². The first kappa shape index (κ1) is 16.2. The van der Waals surface area contributed by atoms with Gasteiger partial charge in [-0.05, 0) is 19.3 Å². The second-order valence-electron chi connectivity index (χ2n) is 5.38. The molecule has 0 amide bonds. The van der Waals surface area contributed by atoms with E-state index in [1.807, 2.05) is 19.3 Å². The van der Waals surface area contributed by atoms with Crippen molar-refractivity contribution >= 4 is 16.2 Å². The summed E-state index contributed by atoms with van der Waals surface area (Å²) in [6, 6.07) is 0.366. The zero-order valence-corrected chi connectivity index (χ0v) is 13.3. The van der Waals surface area contributed by atoms with Crippen LogP contribution in [-0.4, -0.2) is 47.4 Å². The number of hydrogen-bond acceptors (Lipinski definition) is 4. The Morgan fingerprint density at radius 3 is 2.76 bits per heavy atom. The van der Waals surface area contributed by atoms with Crippen molar-refractivity contribution in [1.29, 1.82) is 0 Å². The van der Waals surface area contributed by atoms with Crippen LogP contribution in [0.25, 0.3) is 6.20 Å². The van der Waals surface area contributed by atoms with Crippen molar-refractivity contribution in [2.24, 2.45) is 0 Å². The standard InChI is InChI=1S/C14H24N4O2S/c1-3-9-21(19,20)18-7-5-14(6-8-18)15-10-13-11-16-17(4-2)12-13/h4,11-12,14-15H,2-3,5-10H2,1H3. The first-order valence-corrected chi connectivity index (χ1v) is 9.03. The molecule has 0 spiro atoms. The second kappa shape index (κ2) is 7.20. The van der Waals surface area contributed by atoms with Crippen LogP contribution in [0, 0.1) is 0 Å². The highest BCUT2D eigenvalue weighted by atomic mass is 32.2. The average Bonchev–Trinajstić information content (AvgIpc) is 2.93. The summed E-state index contributed by atoms with van der Waals surface area (Å²) in [7, 11) is -3.04. The van der Waals surface area contributed by atoms with Gasteiger partial charge in [0.1, 0.15) is 0 Å². The van der Waals surface area contributed by atoms with Gasteiger partial charge in [-0.2, -0.15) is 5.10 Å². The lowest BCUT2D eigenvalue weighted by Gasteiger charge is -2.31. The van der Waals surface area contributed by atoms with E-state index in [1.165, 1.54) is 0 Å². The zero-order valence-electron chi connectivity index (χ0n) is 12.5. The maximum absolute atomic E-state index is 12.0. The van der Waals surface area contributed by atoms with Crippen molar-refractivity contribution in [2.75, 3.05) is 18.8 Å². The smallest absolute Gasteiger partial charge is 0.214 e. The summed E-state index contributed by atoms with van der Waals surface area (Å²) in [5, 5.41) is 7.60. The second-order valence-corrected chi connectivity index (χ2v) is 7.47. The fourth-order valence-corrected chi connectivity index (χ4v) is 4.10. The Morgan fingerprint density at radius 1 is 1.48 bits per heavy atom. The normalized spacial score (nSPS) is 18.0. The Hall–Kier alpha value is -1.18. The van der Waals surface area contributed by atoms with Crippen molar-refractivity contribution in [1.82, 2.24) is 19.4 Å². The largest absolute Gasteiger partial charge is 0.310 e. The Balaban J connectivity index is 1.78. The summed E-state index contributed by atoms with van der Waals surface area (Å²) < 4.78 is 27.3. The van der Waals surface area contributed by atoms with E-state index in [0.717, 1.165) is 24.9 Å². The van der Waals surface area contributed by atoms with Crippen LogP contribution in [0.2, 0.25) is 0 Å². The van der Waals surface area contributed by atoms with Crippen LogP contribution in [0.3, 0.4) is 0 Å². The van der Waals surface area contributed by atoms with E-state index in [1.54, 1.807) is 15.2 Å². The van der Waals surface area contributed by atoms with Crippen LogP contribution in [0.4, 0.5) is 0 Å². The molecule has 0 bridgehead atoms. The molecule has 21 heavy (non-hydrogen) atoms. The molecular weight excluding hydrogens is 288 g/mol. The number of aromatic nitrogens is 2. The van der Waals surface area contributed by atoms with Crippen molar-refractivity contribution in [2.45, 2.75) is 38.8 Å². The molecule has 0 radical (unpaired) electrons. The molecule has 2 rings (SSSR count). The summed E-state index contributed by atoms with van der Waals surface area (Å²) >= 11 is 0. The van der Waals surface area contributed by atoms with E-state index in [4.69, 9.17) is 0 Å². The molecule has 0 atom stereocenters. The minimum Gasteiger partial charge on any atom is -0.310 e. The highest BCUT2D eigenvalue weighted by molar-refractivity contribution is 7.89. The fourth-order valence-electron chi connectivity index (χ4n) is 2.56. The molecule has 0 aromatic carbocycles. The summed E-state index contributed by atoms with van der Waals surface area (Å²) in [5.41, 5.74) is 1.11. The van der Waals surface area contributed by atoms with Crippen LogP contribution in [-0.2, 0) is 16.6 Å². The van der Waals surface area contributed by atoms with Gasteiger partial charge in [0.25, 0.3) is 0 Å². The number of nitrogens with one attached hydrogen (secondary N) is 1. The summed E-state index contributed by atoms with van der Waals surface area (Å²) in [6.45, 7) is 7.54. The molecule has 1 aliphatic heterocycles. The van der Waals surface area contributed by atoms with E-state index in [2.05, 4.69) is 17.0 Å². The molecule has 0 saturated carbocycles. The Morgan fingerprint density at radius 2 is 2.19 bits per heavy atom. The zero-order chi connectivity index (χ0) is 15.3. The maximum atomic E-state index is 12.0. The predicted molar refractivity (Wildman–Crippen MR) is 84.1 cm³/mol. The van der Waals surface area contributed by atoms with E-state index < -0.39 is 10.0 Å². The molecule has 6 nitrogen and oxygen atoms in total. The van der Waals surface area contributed by atoms with E-state index in [0.29, 0.717) is 25.6 Å². The molecule has 0 unspecified atom stereocenters. The van der Waals surface area contributed by atoms with Gasteiger partial charge in [0.05, 0.1) is 11.9 Å². The van der Waals surface area contributed by atoms with Crippen LogP contribution in [0.15, 0.2) is 19.0 Å². The Bertz CT molecular complexity index is 559. The third-order valence-corrected chi connectivity index (χ3v) is 5.82. The molecule has 1 saturated heterocycles. The van der Waals surface area contributed by atoms with Gasteiger partial charge in [0.15, 0.2) is 0 Å². The molecule has 0 aliphatic carbocycles. The van der Waals surface area contributed by atoms with Crippen molar-refractivity contribution in [3.63, 3.8) is 0 Å². The third-order valence-electron chi connectivity index (χ3n) is 3.75. The number of nitrogens with zero attached hydrogens (tertiary/aromatic N) is 3. The predicted octanol–water partition coefficient (Wildman–Crippen LogP) is 1.28. The van der Waals surface area contributed by atoms with Gasteiger partial charge in [0, 0.05) is 43.6 Å². The van der Waals surface area contributed by atoms with Gasteiger partial charge in [0.2, 0.25) is 10.0 Å². The molecule has 1 aliphatic rings. The van der Waals surface area contributed by atoms with Crippen molar-refractivity contribution < 1.29 is 8.42 Å². The number of sulfonamides is 1. The molecule has 1 N–H and O–H groups in total. The monoisotopic (exact) mass is 312 g/mol. The molecule has 118 valence electrons. The van der Waals surface area contributed by atoms with Gasteiger partial charge in [-0.3, -0.25) is 0 Å². The van der Waals surface area contributed by atoms with Crippen LogP contribution >= 0.6 is 0 Å². The van der Waals surface area contributed by atoms with Crippen LogP contribution in [0.5, 0.6) is 0 Å². The molecule has 2 heterocycles. The first-order valence-electron chi connectivity index (χ1n) is 7.42. The third kappa shape index (κ3) is 4.39. The van der Waals surface area contributed by atoms with E-state index >= 15 is 0 Å². The fraction of sp³-hybridized carbons (Fsp3) is 0.643. The lowest BCUT2D eigenvalue weighted by molar-refractivity contribution is 0.288. The topological polar surface area (TPSA) is 67.2 Å². The minimum absolute atomic E-state index is 0.256. The average molecular weight is 312 g/mol. The van der Waals surface area contributed by atoms with Crippen molar-refractivity contribution in [3.05, 3.63) is 24.5 Å². The quantitative estimate of drug-likeness (QED) is 0.823. The maximum Gasteiger partial charge on any atom is 0.214 e. The highest BCUT2D eigenvalue weighted by Crippen LogP contribution is 2.15. The Labute approximate surface area is 126 Å². The number of rotatable bonds is 7. The molecule has 1 aromatic heterocycles. The minimum atomic E-state index is -3.04. The van der Waals surface area contributed by atoms with E-state index in [-0.39, 0.29) is 5.75 Å². The molecule has 1 aromatic rings. The molecule has 1 fully saturated rings. The molecule has 7 heteroatoms. The number of piperidine rings is 1. The van der Waals surface area contributed by atoms with Gasteiger partial charge in [-0.1, -0.05) is 13.5 Å². The van der Waals surface area contributed by atoms with Gasteiger partial charge in [-0.15, -0.1) is 0 Å². The lowest BCUT2D eigenvalue weighted by atomic mass is 10.1. The Kier molecular flexibility index (Phi) is 5.55. The van der Waals surface area contributed by atoms with Crippen molar-refractivity contribution in [3.8, 4) is 0 Å². The van der Waals surface area contributed by atoms with E-state index in [9.17, 15) is 8.42 Å². The SMILES string of the molecule is C=Cn1cc(CNC2CCN(S(=O)(=O)CCC)CC2)cn1. The van der Waals surface area contributed by atoms with Gasteiger partial charge in [-0.25, -0.2) is 17.4 Å². The van der Waals surface area contributed by atoms with Gasteiger partial charge >= 0.3 is 0 Å².